The molecule has 2 saturated carbocycles. The summed E-state index contributed by atoms with van der Waals surface area (Å²) in [5.74, 6) is 0. The smallest absolute Gasteiger partial charge is 0.245 e. The van der Waals surface area contributed by atoms with Crippen molar-refractivity contribution in [2.24, 2.45) is 0 Å². The van der Waals surface area contributed by atoms with Gasteiger partial charge < -0.3 is 9.42 Å². The van der Waals surface area contributed by atoms with Gasteiger partial charge in [0.1, 0.15) is 0 Å². The van der Waals surface area contributed by atoms with Gasteiger partial charge in [-0.3, -0.25) is 0 Å². The van der Waals surface area contributed by atoms with Gasteiger partial charge >= 0.3 is 0 Å². The molecule has 6 heteroatoms. The van der Waals surface area contributed by atoms with Crippen molar-refractivity contribution in [2.75, 3.05) is 0 Å². The molecule has 1 N–H and O–H groups in total. The van der Waals surface area contributed by atoms with Crippen LogP contribution < -0.4 is 0 Å². The molecule has 0 amide bonds. The van der Waals surface area contributed by atoms with Crippen LogP contribution in [0.1, 0.15) is 64.2 Å². The summed E-state index contributed by atoms with van der Waals surface area (Å²) in [6, 6.07) is 0. The molecule has 0 aromatic carbocycles. The first kappa shape index (κ1) is 17.6. The summed E-state index contributed by atoms with van der Waals surface area (Å²) in [4.78, 5) is 10.3. The van der Waals surface area contributed by atoms with Crippen molar-refractivity contribution in [3.63, 3.8) is 0 Å². The monoisotopic (exact) mass is 358 g/mol. The Bertz CT molecular complexity index is 255. The molecule has 2 fully saturated rings. The Morgan fingerprint density at radius 1 is 0.944 bits per heavy atom. The van der Waals surface area contributed by atoms with E-state index in [1.807, 2.05) is 0 Å². The molecular formula is C12H23O2PS2Zn. The van der Waals surface area contributed by atoms with Crippen molar-refractivity contribution in [3.05, 3.63) is 0 Å². The quantitative estimate of drug-likeness (QED) is 0.586. The molecule has 102 valence electrons. The molecule has 2 aliphatic carbocycles. The van der Waals surface area contributed by atoms with Gasteiger partial charge in [-0.1, -0.05) is 49.9 Å². The van der Waals surface area contributed by atoms with Crippen molar-refractivity contribution >= 4 is 28.9 Å². The number of hydrogen-bond donors (Lipinski definition) is 1. The second-order valence-corrected chi connectivity index (χ2v) is 11.5. The Labute approximate surface area is 133 Å². The Kier molecular flexibility index (Phi) is 8.55. The molecule has 1 atom stereocenters. The van der Waals surface area contributed by atoms with E-state index < -0.39 is 5.69 Å². The van der Waals surface area contributed by atoms with E-state index in [-0.39, 0.29) is 25.6 Å². The zero-order chi connectivity index (χ0) is 12.1. The van der Waals surface area contributed by atoms with E-state index in [0.29, 0.717) is 5.25 Å². The van der Waals surface area contributed by atoms with Gasteiger partial charge in [-0.15, -0.1) is 0 Å². The van der Waals surface area contributed by atoms with Crippen molar-refractivity contribution in [3.8, 4) is 0 Å². The molecule has 0 heterocycles. The molecule has 2 aliphatic rings. The molecule has 0 aromatic rings. The van der Waals surface area contributed by atoms with Crippen molar-refractivity contribution in [1.82, 2.24) is 0 Å². The predicted molar refractivity (Wildman–Crippen MR) is 78.9 cm³/mol. The van der Waals surface area contributed by atoms with Gasteiger partial charge in [0.15, 0.2) is 0 Å². The van der Waals surface area contributed by atoms with E-state index in [2.05, 4.69) is 0 Å². The van der Waals surface area contributed by atoms with Crippen LogP contribution in [0.15, 0.2) is 0 Å². The first-order valence-corrected chi connectivity index (χ1v) is 11.0. The van der Waals surface area contributed by atoms with E-state index in [9.17, 15) is 4.89 Å². The fraction of sp³-hybridized carbons (Fsp3) is 1.00. The summed E-state index contributed by atoms with van der Waals surface area (Å²) in [5.41, 5.74) is -2.58. The van der Waals surface area contributed by atoms with Gasteiger partial charge in [0, 0.05) is 24.7 Å². The summed E-state index contributed by atoms with van der Waals surface area (Å²) in [5, 5.41) is 0.545. The Balaban J connectivity index is 0.00000162. The minimum atomic E-state index is -2.58. The zero-order valence-corrected chi connectivity index (χ0v) is 16.5. The van der Waals surface area contributed by atoms with Crippen LogP contribution in [0.25, 0.3) is 0 Å². The van der Waals surface area contributed by atoms with Crippen molar-refractivity contribution in [1.29, 1.82) is 0 Å². The molecule has 2 nitrogen and oxygen atoms in total. The Morgan fingerprint density at radius 3 is 2.00 bits per heavy atom. The van der Waals surface area contributed by atoms with Gasteiger partial charge in [-0.05, 0) is 37.5 Å². The van der Waals surface area contributed by atoms with Crippen LogP contribution in [0.4, 0.5) is 0 Å². The normalized spacial score (nSPS) is 26.3. The minimum Gasteiger partial charge on any atom is -0.337 e. The van der Waals surface area contributed by atoms with Crippen LogP contribution >= 0.6 is 17.1 Å². The van der Waals surface area contributed by atoms with Gasteiger partial charge in [0.2, 0.25) is 5.69 Å². The first-order valence-electron chi connectivity index (χ1n) is 6.85. The van der Waals surface area contributed by atoms with Crippen LogP contribution in [0.3, 0.4) is 0 Å². The standard InChI is InChI=1S/C12H23O2PS2.Zn/c13-15(16,14-11-7-3-1-4-8-11)17-12-9-5-2-6-10-12;/h11-12H,1-10H2,(H,13,16);. The third-order valence-electron chi connectivity index (χ3n) is 3.67. The van der Waals surface area contributed by atoms with Crippen molar-refractivity contribution < 1.29 is 28.9 Å². The average molecular weight is 360 g/mol. The summed E-state index contributed by atoms with van der Waals surface area (Å²) in [7, 11) is 0. The minimum absolute atomic E-state index is 0. The Morgan fingerprint density at radius 2 is 1.44 bits per heavy atom. The van der Waals surface area contributed by atoms with Crippen molar-refractivity contribution in [2.45, 2.75) is 75.6 Å². The zero-order valence-electron chi connectivity index (χ0n) is 11.1. The molecule has 0 aliphatic heterocycles. The van der Waals surface area contributed by atoms with E-state index >= 15 is 0 Å². The van der Waals surface area contributed by atoms with Crippen LogP contribution in [0, 0.1) is 0 Å². The van der Waals surface area contributed by atoms with Crippen LogP contribution in [0.2, 0.25) is 0 Å². The third-order valence-corrected chi connectivity index (χ3v) is 8.25. The maximum absolute atomic E-state index is 10.3. The number of hydrogen-bond acceptors (Lipinski definition) is 3. The average Bonchev–Trinajstić information content (AvgIpc) is 2.30. The molecule has 0 aromatic heterocycles. The third kappa shape index (κ3) is 6.33. The van der Waals surface area contributed by atoms with E-state index in [1.165, 1.54) is 51.4 Å². The maximum atomic E-state index is 10.3. The van der Waals surface area contributed by atoms with Crippen LogP contribution in [-0.2, 0) is 35.8 Å². The number of rotatable bonds is 4. The SMILES string of the molecule is OP(=S)(OC1CCCCC1)SC1CCCCC1.[Zn]. The van der Waals surface area contributed by atoms with Gasteiger partial charge in [-0.2, -0.15) is 0 Å². The van der Waals surface area contributed by atoms with Gasteiger partial charge in [0.25, 0.3) is 0 Å². The van der Waals surface area contributed by atoms with Crippen LogP contribution in [0.5, 0.6) is 0 Å². The summed E-state index contributed by atoms with van der Waals surface area (Å²) >= 11 is 6.89. The second-order valence-electron chi connectivity index (χ2n) is 5.20. The fourth-order valence-corrected chi connectivity index (χ4v) is 8.04. The predicted octanol–water partition coefficient (Wildman–Crippen LogP) is 4.62. The maximum Gasteiger partial charge on any atom is 0.245 e. The Hall–Kier alpha value is 1.54. The van der Waals surface area contributed by atoms with E-state index in [4.69, 9.17) is 16.3 Å². The van der Waals surface area contributed by atoms with E-state index in [0.717, 1.165) is 12.8 Å². The molecule has 0 spiro atoms. The molecule has 18 heavy (non-hydrogen) atoms. The summed E-state index contributed by atoms with van der Waals surface area (Å²) in [6.07, 6.45) is 12.5. The van der Waals surface area contributed by atoms with Crippen LogP contribution in [-0.4, -0.2) is 16.2 Å². The fourth-order valence-electron chi connectivity index (χ4n) is 2.74. The molecule has 0 saturated heterocycles. The largest absolute Gasteiger partial charge is 0.337 e. The summed E-state index contributed by atoms with van der Waals surface area (Å²) in [6.45, 7) is 0. The first-order chi connectivity index (χ1) is 8.16. The molecular weight excluding hydrogens is 337 g/mol. The van der Waals surface area contributed by atoms with Gasteiger partial charge in [-0.25, -0.2) is 0 Å². The summed E-state index contributed by atoms with van der Waals surface area (Å²) < 4.78 is 5.83. The van der Waals surface area contributed by atoms with E-state index in [1.54, 1.807) is 11.4 Å². The van der Waals surface area contributed by atoms with Gasteiger partial charge in [0.05, 0.1) is 6.10 Å². The molecule has 1 unspecified atom stereocenters. The molecule has 0 radical (unpaired) electrons. The second kappa shape index (κ2) is 8.75. The molecule has 2 rings (SSSR count). The topological polar surface area (TPSA) is 29.5 Å². The molecule has 0 bridgehead atoms.